The number of likely N-dealkylation sites (tertiary alicyclic amines) is 2. The number of hydrogen-bond acceptors (Lipinski definition) is 5. The highest BCUT2D eigenvalue weighted by Crippen LogP contribution is 2.27. The number of aliphatic imine (C=N–C) groups is 1. The summed E-state index contributed by atoms with van der Waals surface area (Å²) in [7, 11) is 0. The number of amides is 1. The lowest BCUT2D eigenvalue weighted by molar-refractivity contribution is -0.126. The molecule has 1 aromatic carbocycles. The number of piperidine rings is 2. The van der Waals surface area contributed by atoms with Gasteiger partial charge in [-0.05, 0) is 82.6 Å². The summed E-state index contributed by atoms with van der Waals surface area (Å²) in [5.74, 6) is 2.60. The largest absolute Gasteiger partial charge is 0.472 e. The molecule has 2 saturated heterocycles. The molecule has 0 aliphatic carbocycles. The Balaban J connectivity index is 1.18. The summed E-state index contributed by atoms with van der Waals surface area (Å²) < 4.78 is 6.10. The van der Waals surface area contributed by atoms with Gasteiger partial charge in [0.05, 0.1) is 10.6 Å². The molecule has 7 heteroatoms. The van der Waals surface area contributed by atoms with E-state index in [1.165, 1.54) is 19.5 Å². The van der Waals surface area contributed by atoms with Crippen LogP contribution in [0.3, 0.4) is 0 Å². The van der Waals surface area contributed by atoms with E-state index in [2.05, 4.69) is 35.9 Å². The second kappa shape index (κ2) is 12.1. The molecule has 4 rings (SSSR count). The predicted molar refractivity (Wildman–Crippen MR) is 143 cm³/mol. The first kappa shape index (κ1) is 26.4. The van der Waals surface area contributed by atoms with Gasteiger partial charge in [0.2, 0.25) is 11.8 Å². The lowest BCUT2D eigenvalue weighted by Gasteiger charge is -2.35. The van der Waals surface area contributed by atoms with E-state index in [1.807, 2.05) is 25.1 Å². The van der Waals surface area contributed by atoms with Crippen molar-refractivity contribution in [1.82, 2.24) is 15.1 Å². The van der Waals surface area contributed by atoms with E-state index < -0.39 is 0 Å². The fourth-order valence-corrected chi connectivity index (χ4v) is 6.33. The molecule has 6 nitrogen and oxygen atoms in total. The number of carbonyl (C=O) groups excluding carboxylic acids is 1. The van der Waals surface area contributed by atoms with Crippen LogP contribution in [0.2, 0.25) is 5.02 Å². The quantitative estimate of drug-likeness (QED) is 0.536. The van der Waals surface area contributed by atoms with Gasteiger partial charge in [-0.25, -0.2) is 4.99 Å². The monoisotopic (exact) mass is 502 g/mol. The highest BCUT2D eigenvalue weighted by atomic mass is 35.5. The minimum atomic E-state index is 0.0209. The third kappa shape index (κ3) is 6.99. The van der Waals surface area contributed by atoms with Crippen molar-refractivity contribution in [3.63, 3.8) is 0 Å². The van der Waals surface area contributed by atoms with Crippen LogP contribution in [0.15, 0.2) is 23.2 Å². The maximum Gasteiger partial charge on any atom is 0.223 e. The van der Waals surface area contributed by atoms with E-state index in [0.29, 0.717) is 10.9 Å². The van der Waals surface area contributed by atoms with Crippen molar-refractivity contribution < 1.29 is 9.53 Å². The molecule has 3 heterocycles. The Bertz CT molecular complexity index is 869. The van der Waals surface area contributed by atoms with Crippen molar-refractivity contribution in [2.45, 2.75) is 65.5 Å². The maximum atomic E-state index is 12.7. The minimum Gasteiger partial charge on any atom is -0.472 e. The molecule has 3 aliphatic rings. The van der Waals surface area contributed by atoms with Crippen LogP contribution >= 0.6 is 11.6 Å². The van der Waals surface area contributed by atoms with Crippen LogP contribution in [-0.4, -0.2) is 79.6 Å². The molecule has 0 spiro atoms. The summed E-state index contributed by atoms with van der Waals surface area (Å²) in [5.41, 5.74) is 1.99. The van der Waals surface area contributed by atoms with Crippen LogP contribution in [0.5, 0.6) is 0 Å². The van der Waals surface area contributed by atoms with Gasteiger partial charge >= 0.3 is 0 Å². The van der Waals surface area contributed by atoms with Gasteiger partial charge in [0, 0.05) is 32.1 Å². The second-order valence-corrected chi connectivity index (χ2v) is 11.6. The molecule has 0 aromatic heterocycles. The lowest BCUT2D eigenvalue weighted by Crippen LogP contribution is -2.44. The zero-order chi connectivity index (χ0) is 24.9. The Kier molecular flexibility index (Phi) is 9.12. The van der Waals surface area contributed by atoms with Crippen molar-refractivity contribution in [1.29, 1.82) is 0 Å². The van der Waals surface area contributed by atoms with Crippen molar-refractivity contribution in [2.75, 3.05) is 45.8 Å². The number of halogens is 1. The fraction of sp³-hybridized carbons (Fsp3) is 0.714. The molecule has 194 valence electrons. The highest BCUT2D eigenvalue weighted by molar-refractivity contribution is 6.34. The van der Waals surface area contributed by atoms with E-state index in [0.717, 1.165) is 74.9 Å². The van der Waals surface area contributed by atoms with Crippen LogP contribution in [0.4, 0.5) is 0 Å². The van der Waals surface area contributed by atoms with E-state index in [-0.39, 0.29) is 24.0 Å². The van der Waals surface area contributed by atoms with E-state index in [4.69, 9.17) is 21.3 Å². The third-order valence-corrected chi connectivity index (χ3v) is 8.17. The van der Waals surface area contributed by atoms with E-state index in [9.17, 15) is 4.79 Å². The van der Waals surface area contributed by atoms with Crippen LogP contribution in [0, 0.1) is 24.7 Å². The van der Waals surface area contributed by atoms with Crippen LogP contribution < -0.4 is 5.32 Å². The van der Waals surface area contributed by atoms with Crippen molar-refractivity contribution >= 4 is 23.4 Å². The van der Waals surface area contributed by atoms with Crippen molar-refractivity contribution in [3.8, 4) is 0 Å². The summed E-state index contributed by atoms with van der Waals surface area (Å²) >= 11 is 6.43. The molecule has 0 saturated carbocycles. The number of aryl methyl sites for hydroxylation is 1. The Morgan fingerprint density at radius 2 is 1.86 bits per heavy atom. The van der Waals surface area contributed by atoms with E-state index >= 15 is 0 Å². The molecule has 1 amide bonds. The van der Waals surface area contributed by atoms with Crippen LogP contribution in [-0.2, 0) is 9.53 Å². The number of nitrogens with zero attached hydrogens (tertiary/aromatic N) is 3. The standard InChI is InChI=1S/C28H43ClN4O2/c1-19-15-20(2)17-33(16-19)12-6-11-30-27(34)23-9-13-32(14-10-23)18-25-22(4)35-28(31-25)26-21(3)7-5-8-24(26)29/h5,7-8,19-20,22-23,25H,6,9-18H2,1-4H3,(H,30,34)/t19-,20+,22?,25?. The topological polar surface area (TPSA) is 57.2 Å². The lowest BCUT2D eigenvalue weighted by atomic mass is 9.92. The highest BCUT2D eigenvalue weighted by Gasteiger charge is 2.33. The second-order valence-electron chi connectivity index (χ2n) is 11.2. The van der Waals surface area contributed by atoms with E-state index in [1.54, 1.807) is 0 Å². The van der Waals surface area contributed by atoms with Crippen molar-refractivity contribution in [2.24, 2.45) is 22.7 Å². The zero-order valence-electron chi connectivity index (χ0n) is 21.9. The Morgan fingerprint density at radius 1 is 1.14 bits per heavy atom. The number of rotatable bonds is 8. The normalized spacial score (nSPS) is 28.5. The smallest absolute Gasteiger partial charge is 0.223 e. The number of benzene rings is 1. The molecule has 0 bridgehead atoms. The summed E-state index contributed by atoms with van der Waals surface area (Å²) in [6, 6.07) is 5.97. The first-order valence-corrected chi connectivity index (χ1v) is 13.9. The average molecular weight is 503 g/mol. The first-order chi connectivity index (χ1) is 16.8. The minimum absolute atomic E-state index is 0.0209. The van der Waals surface area contributed by atoms with Gasteiger partial charge < -0.3 is 19.9 Å². The van der Waals surface area contributed by atoms with Crippen LogP contribution in [0.25, 0.3) is 0 Å². The molecule has 1 aromatic rings. The number of carbonyl (C=O) groups is 1. The molecule has 0 radical (unpaired) electrons. The molecule has 1 N–H and O–H groups in total. The average Bonchev–Trinajstić information content (AvgIpc) is 3.16. The first-order valence-electron chi connectivity index (χ1n) is 13.5. The summed E-state index contributed by atoms with van der Waals surface area (Å²) in [6.07, 6.45) is 4.22. The number of ether oxygens (including phenoxy) is 1. The molecule has 3 aliphatic heterocycles. The Hall–Kier alpha value is -1.63. The molecular weight excluding hydrogens is 460 g/mol. The molecule has 35 heavy (non-hydrogen) atoms. The van der Waals surface area contributed by atoms with Gasteiger partial charge in [-0.2, -0.15) is 0 Å². The molecule has 4 atom stereocenters. The summed E-state index contributed by atoms with van der Waals surface area (Å²) in [6.45, 7) is 15.8. The predicted octanol–water partition coefficient (Wildman–Crippen LogP) is 4.38. The van der Waals surface area contributed by atoms with Gasteiger partial charge in [0.15, 0.2) is 0 Å². The maximum absolute atomic E-state index is 12.7. The summed E-state index contributed by atoms with van der Waals surface area (Å²) in [4.78, 5) is 22.6. The molecule has 2 unspecified atom stereocenters. The van der Waals surface area contributed by atoms with Crippen molar-refractivity contribution in [3.05, 3.63) is 34.3 Å². The fourth-order valence-electron chi connectivity index (χ4n) is 6.03. The number of nitrogens with one attached hydrogen (secondary N) is 1. The van der Waals surface area contributed by atoms with Gasteiger partial charge in [-0.15, -0.1) is 0 Å². The Morgan fingerprint density at radius 3 is 2.54 bits per heavy atom. The molecular formula is C28H43ClN4O2. The summed E-state index contributed by atoms with van der Waals surface area (Å²) in [5, 5.41) is 3.89. The van der Waals surface area contributed by atoms with Gasteiger partial charge in [-0.3, -0.25) is 4.79 Å². The zero-order valence-corrected chi connectivity index (χ0v) is 22.7. The SMILES string of the molecule is Cc1cccc(Cl)c1C1=NC(CN2CCC(C(=O)NCCCN3C[C@H](C)C[C@H](C)C3)CC2)C(C)O1. The van der Waals surface area contributed by atoms with Crippen LogP contribution in [0.1, 0.15) is 57.6 Å². The molecule has 2 fully saturated rings. The third-order valence-electron chi connectivity index (χ3n) is 7.86. The number of hydrogen-bond donors (Lipinski definition) is 1. The van der Waals surface area contributed by atoms with Gasteiger partial charge in [-0.1, -0.05) is 37.6 Å². The Labute approximate surface area is 216 Å². The van der Waals surface area contributed by atoms with Gasteiger partial charge in [0.25, 0.3) is 0 Å². The van der Waals surface area contributed by atoms with Gasteiger partial charge in [0.1, 0.15) is 12.1 Å².